The van der Waals surface area contributed by atoms with Gasteiger partial charge in [0.25, 0.3) is 5.91 Å². The summed E-state index contributed by atoms with van der Waals surface area (Å²) in [6.07, 6.45) is 0.573. The summed E-state index contributed by atoms with van der Waals surface area (Å²) in [7, 11) is 0. The number of amides is 3. The number of nitrogens with zero attached hydrogens (tertiary/aromatic N) is 2. The van der Waals surface area contributed by atoms with Gasteiger partial charge in [0.2, 0.25) is 11.8 Å². The van der Waals surface area contributed by atoms with Gasteiger partial charge < -0.3 is 25.8 Å². The number of nitrogens with one attached hydrogen (secondary N) is 3. The summed E-state index contributed by atoms with van der Waals surface area (Å²) in [6.45, 7) is 4.93. The fraction of sp³-hybridized carbons (Fsp3) is 0.417. The maximum atomic E-state index is 12.8. The van der Waals surface area contributed by atoms with Gasteiger partial charge in [-0.2, -0.15) is 0 Å². The number of rotatable bonds is 3. The quantitative estimate of drug-likeness (QED) is 0.497. The normalized spacial score (nSPS) is 19.7. The van der Waals surface area contributed by atoms with E-state index in [2.05, 4.69) is 20.9 Å². The van der Waals surface area contributed by atoms with E-state index in [1.807, 2.05) is 30.0 Å². The third kappa shape index (κ3) is 7.26. The van der Waals surface area contributed by atoms with Crippen LogP contribution < -0.4 is 20.7 Å². The topological polar surface area (TPSA) is 133 Å². The molecular formula is C24H31N5O5. The molecule has 0 aliphatic carbocycles. The number of hydrogen-bond donors (Lipinski definition) is 4. The van der Waals surface area contributed by atoms with E-state index in [1.165, 1.54) is 6.92 Å². The van der Waals surface area contributed by atoms with Crippen LogP contribution in [0.15, 0.2) is 42.6 Å². The average molecular weight is 470 g/mol. The zero-order valence-electron chi connectivity index (χ0n) is 19.4. The second kappa shape index (κ2) is 12.1. The molecule has 1 aromatic carbocycles. The molecule has 2 atom stereocenters. The van der Waals surface area contributed by atoms with Crippen molar-refractivity contribution in [2.24, 2.45) is 0 Å². The smallest absolute Gasteiger partial charge is 0.252 e. The third-order valence-electron chi connectivity index (χ3n) is 5.39. The number of pyridine rings is 1. The molecule has 3 amide bonds. The Balaban J connectivity index is 1.78. The highest BCUT2D eigenvalue weighted by Crippen LogP contribution is 2.19. The van der Waals surface area contributed by atoms with Crippen molar-refractivity contribution in [3.05, 3.63) is 59.4 Å². The van der Waals surface area contributed by atoms with E-state index < -0.39 is 24.0 Å². The molecule has 0 saturated carbocycles. The first-order valence-electron chi connectivity index (χ1n) is 11.2. The lowest BCUT2D eigenvalue weighted by Crippen LogP contribution is -2.53. The lowest BCUT2D eigenvalue weighted by molar-refractivity contribution is -0.125. The first kappa shape index (κ1) is 25.1. The van der Waals surface area contributed by atoms with Crippen LogP contribution in [-0.4, -0.2) is 77.6 Å². The zero-order valence-corrected chi connectivity index (χ0v) is 19.4. The Morgan fingerprint density at radius 1 is 1.18 bits per heavy atom. The van der Waals surface area contributed by atoms with Crippen LogP contribution in [-0.2, 0) is 16.1 Å². The van der Waals surface area contributed by atoms with Crippen LogP contribution in [0.1, 0.15) is 28.5 Å². The SMILES string of the molecule is Cc1ccc2cc1OCCNC(=O)CN(Cc1ccccn1)CCNC(=O)[C@H]([C@@H](C)O)NC2=O. The molecule has 0 fully saturated rings. The summed E-state index contributed by atoms with van der Waals surface area (Å²) in [4.78, 5) is 44.2. The van der Waals surface area contributed by atoms with Gasteiger partial charge in [0.15, 0.2) is 0 Å². The maximum absolute atomic E-state index is 12.8. The van der Waals surface area contributed by atoms with Gasteiger partial charge in [-0.25, -0.2) is 0 Å². The molecule has 1 aliphatic heterocycles. The summed E-state index contributed by atoms with van der Waals surface area (Å²) in [6, 6.07) is 9.35. The highest BCUT2D eigenvalue weighted by Gasteiger charge is 2.26. The summed E-state index contributed by atoms with van der Waals surface area (Å²) in [5.74, 6) is -0.695. The second-order valence-corrected chi connectivity index (χ2v) is 8.19. The summed E-state index contributed by atoms with van der Waals surface area (Å²) >= 11 is 0. The lowest BCUT2D eigenvalue weighted by atomic mass is 10.1. The van der Waals surface area contributed by atoms with Crippen molar-refractivity contribution in [1.29, 1.82) is 0 Å². The molecule has 2 heterocycles. The molecule has 0 spiro atoms. The fourth-order valence-electron chi connectivity index (χ4n) is 3.52. The number of aliphatic hydroxyl groups is 1. The minimum absolute atomic E-state index is 0.109. The minimum Gasteiger partial charge on any atom is -0.491 e. The number of aryl methyl sites for hydroxylation is 1. The van der Waals surface area contributed by atoms with Gasteiger partial charge >= 0.3 is 0 Å². The standard InChI is InChI=1S/C24H31N5O5/c1-16-6-7-18-13-20(16)34-12-10-26-21(31)15-29(14-19-5-3-4-8-25-19)11-9-27-24(33)22(17(2)30)28-23(18)32/h3-8,13,17,22,30H,9-12,14-15H2,1-2H3,(H,26,31)(H,27,33)(H,28,32)/t17-,22+/m1/s1. The predicted molar refractivity (Wildman–Crippen MR) is 125 cm³/mol. The molecule has 1 aromatic heterocycles. The highest BCUT2D eigenvalue weighted by molar-refractivity contribution is 5.98. The van der Waals surface area contributed by atoms with Gasteiger partial charge in [-0.1, -0.05) is 12.1 Å². The van der Waals surface area contributed by atoms with Gasteiger partial charge in [0.1, 0.15) is 18.4 Å². The molecule has 10 nitrogen and oxygen atoms in total. The molecule has 182 valence electrons. The van der Waals surface area contributed by atoms with Crippen LogP contribution in [0.25, 0.3) is 0 Å². The average Bonchev–Trinajstić information content (AvgIpc) is 2.81. The molecule has 1 aliphatic rings. The summed E-state index contributed by atoms with van der Waals surface area (Å²) in [5, 5.41) is 18.3. The van der Waals surface area contributed by atoms with Gasteiger partial charge in [-0.3, -0.25) is 24.3 Å². The first-order chi connectivity index (χ1) is 16.3. The van der Waals surface area contributed by atoms with Crippen molar-refractivity contribution in [2.45, 2.75) is 32.5 Å². The number of aliphatic hydroxyl groups excluding tert-OH is 1. The van der Waals surface area contributed by atoms with Crippen molar-refractivity contribution >= 4 is 17.7 Å². The fourth-order valence-corrected chi connectivity index (χ4v) is 3.52. The van der Waals surface area contributed by atoms with E-state index in [4.69, 9.17) is 4.74 Å². The molecule has 34 heavy (non-hydrogen) atoms. The minimum atomic E-state index is -1.14. The van der Waals surface area contributed by atoms with E-state index in [1.54, 1.807) is 24.4 Å². The molecular weight excluding hydrogens is 438 g/mol. The molecule has 2 bridgehead atoms. The van der Waals surface area contributed by atoms with Crippen LogP contribution >= 0.6 is 0 Å². The largest absolute Gasteiger partial charge is 0.491 e. The Morgan fingerprint density at radius 3 is 2.74 bits per heavy atom. The highest BCUT2D eigenvalue weighted by atomic mass is 16.5. The number of carbonyl (C=O) groups excluding carboxylic acids is 3. The zero-order chi connectivity index (χ0) is 24.5. The molecule has 0 radical (unpaired) electrons. The molecule has 10 heteroatoms. The van der Waals surface area contributed by atoms with E-state index in [0.717, 1.165) is 11.3 Å². The van der Waals surface area contributed by atoms with Gasteiger partial charge in [-0.15, -0.1) is 0 Å². The van der Waals surface area contributed by atoms with Crippen LogP contribution in [0.3, 0.4) is 0 Å². The van der Waals surface area contributed by atoms with Crippen LogP contribution in [0.5, 0.6) is 5.75 Å². The van der Waals surface area contributed by atoms with E-state index >= 15 is 0 Å². The Kier molecular flexibility index (Phi) is 8.94. The monoisotopic (exact) mass is 469 g/mol. The Morgan fingerprint density at radius 2 is 2.00 bits per heavy atom. The van der Waals surface area contributed by atoms with Gasteiger partial charge in [0.05, 0.1) is 24.9 Å². The van der Waals surface area contributed by atoms with Crippen molar-refractivity contribution in [3.63, 3.8) is 0 Å². The van der Waals surface area contributed by atoms with Gasteiger partial charge in [-0.05, 0) is 43.7 Å². The van der Waals surface area contributed by atoms with Crippen molar-refractivity contribution in [2.75, 3.05) is 32.8 Å². The van der Waals surface area contributed by atoms with Crippen molar-refractivity contribution < 1.29 is 24.2 Å². The van der Waals surface area contributed by atoms with Crippen LogP contribution in [0.2, 0.25) is 0 Å². The van der Waals surface area contributed by atoms with E-state index in [9.17, 15) is 19.5 Å². The predicted octanol–water partition coefficient (Wildman–Crippen LogP) is -0.00378. The molecule has 3 rings (SSSR count). The lowest BCUT2D eigenvalue weighted by Gasteiger charge is -2.24. The first-order valence-corrected chi connectivity index (χ1v) is 11.2. The second-order valence-electron chi connectivity index (χ2n) is 8.19. The van der Waals surface area contributed by atoms with Crippen molar-refractivity contribution in [3.8, 4) is 5.75 Å². The number of hydrogen-bond acceptors (Lipinski definition) is 7. The van der Waals surface area contributed by atoms with E-state index in [0.29, 0.717) is 30.9 Å². The third-order valence-corrected chi connectivity index (χ3v) is 5.39. The summed E-state index contributed by atoms with van der Waals surface area (Å²) in [5.41, 5.74) is 1.92. The maximum Gasteiger partial charge on any atom is 0.252 e. The molecule has 2 aromatic rings. The number of ether oxygens (including phenoxy) is 1. The number of carbonyl (C=O) groups is 3. The Bertz CT molecular complexity index is 999. The molecule has 4 N–H and O–H groups in total. The Hall–Kier alpha value is -3.50. The number of fused-ring (bicyclic) bond motifs is 2. The Labute approximate surface area is 198 Å². The summed E-state index contributed by atoms with van der Waals surface area (Å²) < 4.78 is 5.77. The van der Waals surface area contributed by atoms with Crippen molar-refractivity contribution in [1.82, 2.24) is 25.8 Å². The molecule has 0 saturated heterocycles. The number of aromatic nitrogens is 1. The van der Waals surface area contributed by atoms with Crippen LogP contribution in [0.4, 0.5) is 0 Å². The molecule has 0 unspecified atom stereocenters. The number of benzene rings is 1. The van der Waals surface area contributed by atoms with Gasteiger partial charge in [0, 0.05) is 31.4 Å². The van der Waals surface area contributed by atoms with Crippen LogP contribution in [0, 0.1) is 6.92 Å². The van der Waals surface area contributed by atoms with E-state index in [-0.39, 0.29) is 25.6 Å².